The molecule has 0 radical (unpaired) electrons. The summed E-state index contributed by atoms with van der Waals surface area (Å²) in [6.07, 6.45) is 0.0898. The Bertz CT molecular complexity index is 945. The monoisotopic (exact) mass is 409 g/mol. The lowest BCUT2D eigenvalue weighted by Gasteiger charge is -2.17. The molecule has 2 aromatic carbocycles. The summed E-state index contributed by atoms with van der Waals surface area (Å²) < 4.78 is 5.17. The van der Waals surface area contributed by atoms with E-state index in [4.69, 9.17) is 4.74 Å². The Hall–Kier alpha value is -3.68. The van der Waals surface area contributed by atoms with Crippen LogP contribution in [0.3, 0.4) is 0 Å². The summed E-state index contributed by atoms with van der Waals surface area (Å²) in [4.78, 5) is 49.9. The Kier molecular flexibility index (Phi) is 6.79. The van der Waals surface area contributed by atoms with Gasteiger partial charge < -0.3 is 15.0 Å². The molecule has 0 aliphatic carbocycles. The number of imide groups is 1. The molecule has 0 unspecified atom stereocenters. The van der Waals surface area contributed by atoms with Gasteiger partial charge in [-0.05, 0) is 37.1 Å². The van der Waals surface area contributed by atoms with Crippen molar-refractivity contribution in [3.05, 3.63) is 65.7 Å². The Morgan fingerprint density at radius 2 is 1.87 bits per heavy atom. The first-order chi connectivity index (χ1) is 14.4. The average Bonchev–Trinajstić information content (AvgIpc) is 3.19. The van der Waals surface area contributed by atoms with Gasteiger partial charge in [0.1, 0.15) is 0 Å². The molecule has 2 N–H and O–H groups in total. The van der Waals surface area contributed by atoms with Gasteiger partial charge >= 0.3 is 12.0 Å². The van der Waals surface area contributed by atoms with Gasteiger partial charge in [-0.3, -0.25) is 14.9 Å². The van der Waals surface area contributed by atoms with Gasteiger partial charge in [0.25, 0.3) is 5.91 Å². The number of nitrogens with one attached hydrogen (secondary N) is 2. The van der Waals surface area contributed by atoms with Crippen LogP contribution in [0.4, 0.5) is 10.5 Å². The third kappa shape index (κ3) is 5.44. The average molecular weight is 409 g/mol. The van der Waals surface area contributed by atoms with E-state index in [0.717, 1.165) is 12.0 Å². The molecule has 1 atom stereocenters. The van der Waals surface area contributed by atoms with Crippen LogP contribution in [0.15, 0.2) is 54.6 Å². The number of esters is 1. The van der Waals surface area contributed by atoms with E-state index in [1.165, 1.54) is 6.92 Å². The van der Waals surface area contributed by atoms with Gasteiger partial charge in [-0.25, -0.2) is 9.59 Å². The summed E-state index contributed by atoms with van der Waals surface area (Å²) in [6.45, 7) is 2.25. The molecule has 8 nitrogen and oxygen atoms in total. The number of benzene rings is 2. The number of nitrogens with zero attached hydrogens (tertiary/aromatic N) is 1. The highest BCUT2D eigenvalue weighted by Crippen LogP contribution is 2.22. The number of hydrogen-bond donors (Lipinski definition) is 2. The van der Waals surface area contributed by atoms with Crippen LogP contribution < -0.4 is 15.5 Å². The smallest absolute Gasteiger partial charge is 0.338 e. The molecule has 2 aromatic rings. The van der Waals surface area contributed by atoms with Crippen LogP contribution in [-0.4, -0.2) is 36.5 Å². The number of carbonyl (C=O) groups excluding carboxylic acids is 4. The van der Waals surface area contributed by atoms with Crippen LogP contribution >= 0.6 is 0 Å². The number of rotatable bonds is 6. The highest BCUT2D eigenvalue weighted by atomic mass is 16.5. The zero-order valence-electron chi connectivity index (χ0n) is 16.6. The van der Waals surface area contributed by atoms with Crippen molar-refractivity contribution in [3.8, 4) is 0 Å². The Morgan fingerprint density at radius 3 is 2.57 bits per heavy atom. The first-order valence-corrected chi connectivity index (χ1v) is 9.68. The van der Waals surface area contributed by atoms with Crippen molar-refractivity contribution >= 4 is 29.5 Å². The van der Waals surface area contributed by atoms with Crippen LogP contribution in [-0.2, 0) is 20.9 Å². The minimum absolute atomic E-state index is 0.00905. The number of carbonyl (C=O) groups is 4. The van der Waals surface area contributed by atoms with Gasteiger partial charge in [-0.1, -0.05) is 36.4 Å². The number of hydrogen-bond acceptors (Lipinski definition) is 5. The van der Waals surface area contributed by atoms with E-state index in [2.05, 4.69) is 10.6 Å². The zero-order chi connectivity index (χ0) is 21.5. The van der Waals surface area contributed by atoms with Gasteiger partial charge in [0.2, 0.25) is 5.91 Å². The molecular weight excluding hydrogens is 386 g/mol. The van der Waals surface area contributed by atoms with E-state index in [0.29, 0.717) is 18.7 Å². The molecule has 1 saturated heterocycles. The lowest BCUT2D eigenvalue weighted by atomic mass is 10.2. The number of anilines is 1. The van der Waals surface area contributed by atoms with Crippen LogP contribution in [0.5, 0.6) is 0 Å². The molecule has 4 amide bonds. The first-order valence-electron chi connectivity index (χ1n) is 9.68. The van der Waals surface area contributed by atoms with Crippen LogP contribution in [0.1, 0.15) is 35.7 Å². The fourth-order valence-corrected chi connectivity index (χ4v) is 3.04. The minimum atomic E-state index is -1.17. The molecular formula is C22H23N3O5. The quantitative estimate of drug-likeness (QED) is 0.713. The van der Waals surface area contributed by atoms with Crippen molar-refractivity contribution in [2.75, 3.05) is 11.4 Å². The number of amides is 4. The predicted octanol–water partition coefficient (Wildman–Crippen LogP) is 2.38. The lowest BCUT2D eigenvalue weighted by Crippen LogP contribution is -2.44. The van der Waals surface area contributed by atoms with E-state index in [-0.39, 0.29) is 18.0 Å². The van der Waals surface area contributed by atoms with Gasteiger partial charge in [-0.2, -0.15) is 0 Å². The number of ether oxygens (including phenoxy) is 1. The van der Waals surface area contributed by atoms with Crippen molar-refractivity contribution in [1.82, 2.24) is 10.6 Å². The van der Waals surface area contributed by atoms with Crippen LogP contribution in [0, 0.1) is 0 Å². The van der Waals surface area contributed by atoms with Crippen molar-refractivity contribution < 1.29 is 23.9 Å². The molecule has 1 aliphatic rings. The second-order valence-electron chi connectivity index (χ2n) is 6.90. The largest absolute Gasteiger partial charge is 0.449 e. The normalized spacial score (nSPS) is 14.2. The van der Waals surface area contributed by atoms with Crippen molar-refractivity contribution in [3.63, 3.8) is 0 Å². The zero-order valence-corrected chi connectivity index (χ0v) is 16.6. The molecule has 156 valence electrons. The van der Waals surface area contributed by atoms with E-state index >= 15 is 0 Å². The molecule has 30 heavy (non-hydrogen) atoms. The number of urea groups is 1. The molecule has 1 fully saturated rings. The van der Waals surface area contributed by atoms with E-state index in [1.807, 2.05) is 30.3 Å². The van der Waals surface area contributed by atoms with E-state index in [1.54, 1.807) is 29.2 Å². The molecule has 0 aromatic heterocycles. The third-order valence-electron chi connectivity index (χ3n) is 4.65. The fourth-order valence-electron chi connectivity index (χ4n) is 3.04. The van der Waals surface area contributed by atoms with E-state index in [9.17, 15) is 19.2 Å². The molecule has 1 aliphatic heterocycles. The Morgan fingerprint density at radius 1 is 1.10 bits per heavy atom. The lowest BCUT2D eigenvalue weighted by molar-refractivity contribution is -0.127. The summed E-state index contributed by atoms with van der Waals surface area (Å²) in [7, 11) is 0. The Labute approximate surface area is 174 Å². The second kappa shape index (κ2) is 9.69. The summed E-state index contributed by atoms with van der Waals surface area (Å²) in [5, 5.41) is 4.71. The molecule has 3 rings (SSSR count). The van der Waals surface area contributed by atoms with Gasteiger partial charge in [-0.15, -0.1) is 0 Å². The van der Waals surface area contributed by atoms with Gasteiger partial charge in [0.15, 0.2) is 6.10 Å². The Balaban J connectivity index is 1.51. The van der Waals surface area contributed by atoms with E-state index < -0.39 is 24.0 Å². The van der Waals surface area contributed by atoms with Crippen LogP contribution in [0.2, 0.25) is 0 Å². The van der Waals surface area contributed by atoms with Crippen molar-refractivity contribution in [1.29, 1.82) is 0 Å². The molecule has 1 heterocycles. The third-order valence-corrected chi connectivity index (χ3v) is 4.65. The van der Waals surface area contributed by atoms with Gasteiger partial charge in [0, 0.05) is 25.2 Å². The van der Waals surface area contributed by atoms with Gasteiger partial charge in [0.05, 0.1) is 5.56 Å². The molecule has 0 bridgehead atoms. The predicted molar refractivity (Wildman–Crippen MR) is 110 cm³/mol. The first kappa shape index (κ1) is 21.0. The second-order valence-corrected chi connectivity index (χ2v) is 6.90. The topological polar surface area (TPSA) is 105 Å². The SMILES string of the molecule is C[C@H](OC(=O)c1cccc(N2CCCC2=O)c1)C(=O)NC(=O)NCc1ccccc1. The molecule has 0 saturated carbocycles. The summed E-state index contributed by atoms with van der Waals surface area (Å²) in [5.74, 6) is -1.44. The molecule has 8 heteroatoms. The highest BCUT2D eigenvalue weighted by Gasteiger charge is 2.24. The maximum Gasteiger partial charge on any atom is 0.338 e. The summed E-state index contributed by atoms with van der Waals surface area (Å²) in [6, 6.07) is 15.1. The van der Waals surface area contributed by atoms with Crippen LogP contribution in [0.25, 0.3) is 0 Å². The molecule has 0 spiro atoms. The van der Waals surface area contributed by atoms with Crippen molar-refractivity contribution in [2.24, 2.45) is 0 Å². The highest BCUT2D eigenvalue weighted by molar-refractivity contribution is 6.00. The van der Waals surface area contributed by atoms with Crippen molar-refractivity contribution in [2.45, 2.75) is 32.4 Å². The maximum atomic E-state index is 12.4. The standard InChI is InChI=1S/C22H23N3O5/c1-15(20(27)24-22(29)23-14-16-7-3-2-4-8-16)30-21(28)17-9-5-10-18(13-17)25-12-6-11-19(25)26/h2-5,7-10,13,15H,6,11-12,14H2,1H3,(H2,23,24,27,29)/t15-/m0/s1. The summed E-state index contributed by atoms with van der Waals surface area (Å²) >= 11 is 0. The maximum absolute atomic E-state index is 12.4. The fraction of sp³-hybridized carbons (Fsp3) is 0.273. The minimum Gasteiger partial charge on any atom is -0.449 e. The summed E-state index contributed by atoms with van der Waals surface area (Å²) in [5.41, 5.74) is 1.72.